The maximum Gasteiger partial charge on any atom is 0.303 e. The van der Waals surface area contributed by atoms with Crippen molar-refractivity contribution in [3.05, 3.63) is 35.9 Å². The molecule has 1 rings (SSSR count). The van der Waals surface area contributed by atoms with E-state index < -0.39 is 5.97 Å². The molecule has 4 heteroatoms. The van der Waals surface area contributed by atoms with Crippen molar-refractivity contribution < 1.29 is 14.4 Å². The van der Waals surface area contributed by atoms with Gasteiger partial charge in [0, 0.05) is 12.8 Å². The van der Waals surface area contributed by atoms with Gasteiger partial charge in [0.2, 0.25) is 0 Å². The number of rotatable bonds is 33. The quantitative estimate of drug-likeness (QED) is 0.0435. The first kappa shape index (κ1) is 50.7. The summed E-state index contributed by atoms with van der Waals surface area (Å²) in [5, 5.41) is 8.52. The van der Waals surface area contributed by atoms with Gasteiger partial charge < -0.3 is 9.59 Å². The molecule has 0 radical (unpaired) electrons. The van der Waals surface area contributed by atoms with Crippen LogP contribution in [0.5, 0.6) is 0 Å². The third kappa shape index (κ3) is 41.0. The van der Waals surface area contributed by atoms with Crippen LogP contribution in [0, 0.1) is 6.92 Å². The van der Waals surface area contributed by atoms with Crippen LogP contribution in [0.15, 0.2) is 30.3 Å². The normalized spacial score (nSPS) is 11.7. The van der Waals surface area contributed by atoms with E-state index in [0.717, 1.165) is 23.7 Å². The van der Waals surface area contributed by atoms with Crippen molar-refractivity contribution in [2.75, 3.05) is 20.6 Å². The summed E-state index contributed by atoms with van der Waals surface area (Å²) in [5.41, 5.74) is 7.50. The van der Waals surface area contributed by atoms with Crippen LogP contribution in [-0.2, 0) is 4.79 Å². The van der Waals surface area contributed by atoms with Gasteiger partial charge in [-0.15, -0.1) is 0 Å². The van der Waals surface area contributed by atoms with Crippen LogP contribution in [0.1, 0.15) is 225 Å². The molecule has 0 saturated heterocycles. The van der Waals surface area contributed by atoms with E-state index in [2.05, 4.69) is 53.9 Å². The van der Waals surface area contributed by atoms with Gasteiger partial charge in [0.05, 0.1) is 20.6 Å². The van der Waals surface area contributed by atoms with Gasteiger partial charge in [0.15, 0.2) is 0 Å². The molecule has 1 unspecified atom stereocenters. The summed E-state index contributed by atoms with van der Waals surface area (Å²) in [5.74, 6) is -0.653. The highest BCUT2D eigenvalue weighted by atomic mass is 16.4. The molecule has 0 aliphatic rings. The molecule has 296 valence electrons. The van der Waals surface area contributed by atoms with Crippen molar-refractivity contribution >= 4 is 5.97 Å². The zero-order valence-corrected chi connectivity index (χ0v) is 35.0. The van der Waals surface area contributed by atoms with Gasteiger partial charge in [-0.25, -0.2) is 0 Å². The van der Waals surface area contributed by atoms with Crippen LogP contribution < -0.4 is 5.73 Å². The fourth-order valence-corrected chi connectivity index (χ4v) is 6.56. The maximum atomic E-state index is 10.3. The summed E-state index contributed by atoms with van der Waals surface area (Å²) in [6, 6.07) is 10.3. The van der Waals surface area contributed by atoms with E-state index >= 15 is 0 Å². The molecular weight excluding hydrogens is 613 g/mol. The first-order chi connectivity index (χ1) is 24.2. The van der Waals surface area contributed by atoms with Crippen molar-refractivity contribution in [1.82, 2.24) is 0 Å². The number of nitrogens with zero attached hydrogens (tertiary/aromatic N) is 1. The molecule has 0 amide bonds. The second-order valence-electron chi connectivity index (χ2n) is 15.8. The Labute approximate surface area is 314 Å². The van der Waals surface area contributed by atoms with Crippen LogP contribution in [-0.4, -0.2) is 42.4 Å². The number of carbonyl (C=O) groups is 1. The van der Waals surface area contributed by atoms with Crippen molar-refractivity contribution in [3.63, 3.8) is 0 Å². The van der Waals surface area contributed by atoms with Crippen LogP contribution in [0.25, 0.3) is 0 Å². The summed E-state index contributed by atoms with van der Waals surface area (Å²) >= 11 is 0. The zero-order chi connectivity index (χ0) is 37.4. The molecule has 0 fully saturated rings. The number of hydrogen-bond acceptors (Lipinski definition) is 2. The molecule has 0 bridgehead atoms. The van der Waals surface area contributed by atoms with Gasteiger partial charge >= 0.3 is 5.97 Å². The molecule has 4 nitrogen and oxygen atoms in total. The number of benzene rings is 1. The van der Waals surface area contributed by atoms with Gasteiger partial charge in [0.1, 0.15) is 6.17 Å². The Morgan fingerprint density at radius 3 is 1.10 bits per heavy atom. The number of hydrogen-bond donors (Lipinski definition) is 2. The van der Waals surface area contributed by atoms with E-state index in [4.69, 9.17) is 10.8 Å². The number of quaternary nitrogens is 1. The lowest BCUT2D eigenvalue weighted by Gasteiger charge is -2.35. The minimum absolute atomic E-state index is 0.303. The number of nitrogens with two attached hydrogens (primary N) is 1. The minimum Gasteiger partial charge on any atom is -0.481 e. The Morgan fingerprint density at radius 2 is 0.840 bits per heavy atom. The fourth-order valence-electron chi connectivity index (χ4n) is 6.56. The number of unbranched alkanes of at least 4 members (excludes halogenated alkanes) is 27. The topological polar surface area (TPSA) is 63.3 Å². The Kier molecular flexibility index (Phi) is 41.0. The largest absolute Gasteiger partial charge is 0.481 e. The molecular formula is C46H91N2O2+. The van der Waals surface area contributed by atoms with Crippen LogP contribution in [0.3, 0.4) is 0 Å². The molecule has 0 aliphatic heterocycles. The van der Waals surface area contributed by atoms with Crippen molar-refractivity contribution in [2.45, 2.75) is 233 Å². The van der Waals surface area contributed by atoms with Gasteiger partial charge in [0.25, 0.3) is 0 Å². The van der Waals surface area contributed by atoms with E-state index in [9.17, 15) is 4.79 Å². The Hall–Kier alpha value is -1.39. The summed E-state index contributed by atoms with van der Waals surface area (Å²) in [6.45, 7) is 10.1. The third-order valence-electron chi connectivity index (χ3n) is 10.3. The molecule has 50 heavy (non-hydrogen) atoms. The average molecular weight is 704 g/mol. The fraction of sp³-hybridized carbons (Fsp3) is 0.848. The number of aryl methyl sites for hydroxylation is 1. The summed E-state index contributed by atoms with van der Waals surface area (Å²) < 4.78 is 0.981. The van der Waals surface area contributed by atoms with Crippen molar-refractivity contribution in [3.8, 4) is 0 Å². The van der Waals surface area contributed by atoms with E-state index in [-0.39, 0.29) is 0 Å². The SMILES string of the molecule is CCCCCCCCCCCCCCCCCC(=O)O.CCCCCCCCCCCCCCCC[N+](C)(C)C(N)CC.Cc1ccccc1. The first-order valence-corrected chi connectivity index (χ1v) is 22.0. The highest BCUT2D eigenvalue weighted by Crippen LogP contribution is 2.15. The van der Waals surface area contributed by atoms with Gasteiger partial charge in [-0.05, 0) is 26.2 Å². The van der Waals surface area contributed by atoms with Crippen LogP contribution in [0.4, 0.5) is 0 Å². The van der Waals surface area contributed by atoms with E-state index in [1.807, 2.05) is 18.2 Å². The zero-order valence-electron chi connectivity index (χ0n) is 35.0. The number of aliphatic carboxylic acids is 1. The summed E-state index contributed by atoms with van der Waals surface area (Å²) in [7, 11) is 4.55. The predicted octanol–water partition coefficient (Wildman–Crippen LogP) is 14.6. The van der Waals surface area contributed by atoms with Gasteiger partial charge in [-0.3, -0.25) is 10.5 Å². The third-order valence-corrected chi connectivity index (χ3v) is 10.3. The van der Waals surface area contributed by atoms with Crippen LogP contribution >= 0.6 is 0 Å². The number of carboxylic acid groups (broad SMARTS) is 1. The Morgan fingerprint density at radius 1 is 0.540 bits per heavy atom. The molecule has 0 aliphatic carbocycles. The Bertz CT molecular complexity index is 782. The second kappa shape index (κ2) is 40.4. The second-order valence-corrected chi connectivity index (χ2v) is 15.8. The number of carboxylic acids is 1. The van der Waals surface area contributed by atoms with Gasteiger partial charge in [-0.2, -0.15) is 0 Å². The highest BCUT2D eigenvalue weighted by Gasteiger charge is 2.21. The molecule has 1 aromatic rings. The smallest absolute Gasteiger partial charge is 0.303 e. The van der Waals surface area contributed by atoms with Crippen molar-refractivity contribution in [1.29, 1.82) is 0 Å². The molecule has 0 spiro atoms. The first-order valence-electron chi connectivity index (χ1n) is 22.0. The van der Waals surface area contributed by atoms with Crippen LogP contribution in [0.2, 0.25) is 0 Å². The van der Waals surface area contributed by atoms with E-state index in [1.165, 1.54) is 185 Å². The standard InChI is InChI=1S/C21H47N2.C18H36O2.C7H8/c1-5-7-8-9-10-11-12-13-14-15-16-17-18-19-20-23(3,4)21(22)6-2;1-2-3-4-5-6-7-8-9-10-11-12-13-14-15-16-17-18(19)20;1-7-5-3-2-4-6-7/h21H,5-20,22H2,1-4H3;2-17H2,1H3,(H,19,20);2-6H,1H3/q+1;;. The summed E-state index contributed by atoms with van der Waals surface area (Å²) in [4.78, 5) is 10.3. The monoisotopic (exact) mass is 704 g/mol. The molecule has 0 saturated carbocycles. The lowest BCUT2D eigenvalue weighted by atomic mass is 10.0. The molecule has 1 atom stereocenters. The van der Waals surface area contributed by atoms with Crippen molar-refractivity contribution in [2.24, 2.45) is 5.73 Å². The predicted molar refractivity (Wildman–Crippen MR) is 224 cm³/mol. The molecule has 0 heterocycles. The van der Waals surface area contributed by atoms with Gasteiger partial charge in [-0.1, -0.05) is 224 Å². The minimum atomic E-state index is -0.653. The lowest BCUT2D eigenvalue weighted by Crippen LogP contribution is -2.53. The molecule has 3 N–H and O–H groups in total. The average Bonchev–Trinajstić information content (AvgIpc) is 3.10. The lowest BCUT2D eigenvalue weighted by molar-refractivity contribution is -0.915. The highest BCUT2D eigenvalue weighted by molar-refractivity contribution is 5.66. The maximum absolute atomic E-state index is 10.3. The van der Waals surface area contributed by atoms with E-state index in [1.54, 1.807) is 0 Å². The molecule has 1 aromatic carbocycles. The Balaban J connectivity index is 0. The summed E-state index contributed by atoms with van der Waals surface area (Å²) in [6.07, 6.45) is 41.6. The van der Waals surface area contributed by atoms with E-state index in [0.29, 0.717) is 12.6 Å². The molecule has 0 aromatic heterocycles.